The fraction of sp³-hybridized carbons (Fsp3) is 0.103. The summed E-state index contributed by atoms with van der Waals surface area (Å²) in [5.74, 6) is -1.09. The number of thioether (sulfide) groups is 1. The van der Waals surface area contributed by atoms with Crippen molar-refractivity contribution in [2.75, 3.05) is 12.0 Å². The Labute approximate surface area is 236 Å². The Morgan fingerprint density at radius 1 is 1.05 bits per heavy atom. The monoisotopic (exact) mass is 571 g/mol. The molecule has 1 aliphatic rings. The predicted molar refractivity (Wildman–Crippen MR) is 151 cm³/mol. The first-order chi connectivity index (χ1) is 19.4. The molecule has 3 aromatic carbocycles. The van der Waals surface area contributed by atoms with Crippen molar-refractivity contribution >= 4 is 50.9 Å². The number of anilines is 1. The highest BCUT2D eigenvalue weighted by Crippen LogP contribution is 2.44. The van der Waals surface area contributed by atoms with Crippen molar-refractivity contribution < 1.29 is 29.0 Å². The van der Waals surface area contributed by atoms with Gasteiger partial charge < -0.3 is 19.4 Å². The first kappa shape index (κ1) is 25.7. The van der Waals surface area contributed by atoms with Crippen molar-refractivity contribution in [3.05, 3.63) is 107 Å². The van der Waals surface area contributed by atoms with Crippen LogP contribution >= 0.6 is 23.1 Å². The number of aliphatic hydroxyl groups is 1. The fourth-order valence-electron chi connectivity index (χ4n) is 4.53. The number of carbonyl (C=O) groups is 2. The van der Waals surface area contributed by atoms with Gasteiger partial charge in [0.05, 0.1) is 18.7 Å². The van der Waals surface area contributed by atoms with Crippen LogP contribution in [0.25, 0.3) is 11.0 Å². The summed E-state index contributed by atoms with van der Waals surface area (Å²) < 4.78 is 11.8. The molecule has 1 atom stereocenters. The number of fused-ring (bicyclic) bond motifs is 1. The highest BCUT2D eigenvalue weighted by molar-refractivity contribution is 8.00. The molecule has 0 saturated heterocycles. The van der Waals surface area contributed by atoms with Gasteiger partial charge in [-0.1, -0.05) is 77.7 Å². The molecule has 1 amide bonds. The Balaban J connectivity index is 1.38. The van der Waals surface area contributed by atoms with Crippen LogP contribution in [-0.2, 0) is 10.5 Å². The number of hydrogen-bond acceptors (Lipinski definition) is 10. The van der Waals surface area contributed by atoms with Crippen LogP contribution in [0.3, 0.4) is 0 Å². The van der Waals surface area contributed by atoms with Gasteiger partial charge in [-0.2, -0.15) is 0 Å². The normalized spacial score (nSPS) is 15.3. The Kier molecular flexibility index (Phi) is 6.74. The van der Waals surface area contributed by atoms with Gasteiger partial charge in [0.2, 0.25) is 10.9 Å². The molecule has 1 aliphatic heterocycles. The van der Waals surface area contributed by atoms with Crippen molar-refractivity contribution in [1.29, 1.82) is 0 Å². The summed E-state index contributed by atoms with van der Waals surface area (Å²) in [6.07, 6.45) is 0. The molecule has 0 spiro atoms. The van der Waals surface area contributed by atoms with E-state index < -0.39 is 23.5 Å². The van der Waals surface area contributed by atoms with E-state index in [1.807, 2.05) is 30.3 Å². The second-order valence-corrected chi connectivity index (χ2v) is 11.1. The number of nitrogens with zero attached hydrogens (tertiary/aromatic N) is 3. The van der Waals surface area contributed by atoms with Crippen LogP contribution in [0.1, 0.15) is 27.7 Å². The lowest BCUT2D eigenvalue weighted by Crippen LogP contribution is -2.31. The first-order valence-electron chi connectivity index (χ1n) is 12.1. The third kappa shape index (κ3) is 4.59. The lowest BCUT2D eigenvalue weighted by Gasteiger charge is -2.23. The predicted octanol–water partition coefficient (Wildman–Crippen LogP) is 6.07. The van der Waals surface area contributed by atoms with Gasteiger partial charge in [0.15, 0.2) is 27.2 Å². The molecule has 0 aliphatic carbocycles. The Bertz CT molecular complexity index is 1760. The third-order valence-corrected chi connectivity index (χ3v) is 8.55. The number of phenolic OH excluding ortho intramolecular Hbond substituents is 1. The minimum atomic E-state index is -1.03. The summed E-state index contributed by atoms with van der Waals surface area (Å²) >= 11 is 2.65. The molecule has 2 N–H and O–H groups in total. The van der Waals surface area contributed by atoms with E-state index in [4.69, 9.17) is 9.15 Å². The SMILES string of the molecule is COc1cccc2cc(C(=O)C3=C(O)C(=O)N(c4nnc(SCc5ccccc5)s4)C3c3ccc(O)cc3)oc12. The van der Waals surface area contributed by atoms with Gasteiger partial charge in [-0.25, -0.2) is 0 Å². The zero-order chi connectivity index (χ0) is 27.8. The Hall–Kier alpha value is -4.61. The molecular weight excluding hydrogens is 550 g/mol. The molecule has 1 unspecified atom stereocenters. The van der Waals surface area contributed by atoms with Crippen LogP contribution in [0, 0.1) is 0 Å². The van der Waals surface area contributed by atoms with E-state index >= 15 is 0 Å². The largest absolute Gasteiger partial charge is 0.508 e. The first-order valence-corrected chi connectivity index (χ1v) is 13.9. The zero-order valence-electron chi connectivity index (χ0n) is 21.0. The van der Waals surface area contributed by atoms with Crippen molar-refractivity contribution in [2.45, 2.75) is 16.1 Å². The Morgan fingerprint density at radius 2 is 1.82 bits per heavy atom. The quantitative estimate of drug-likeness (QED) is 0.130. The standard InChI is InChI=1S/C29H21N3O6S2/c1-37-20-9-5-8-18-14-21(38-26(18)20)24(34)22-23(17-10-12-19(33)13-11-17)32(27(36)25(22)35)28-30-31-29(40-28)39-15-16-6-3-2-4-7-16/h2-14,23,33,35H,15H2,1H3. The van der Waals surface area contributed by atoms with Crippen LogP contribution in [0.15, 0.2) is 99.0 Å². The van der Waals surface area contributed by atoms with Gasteiger partial charge in [-0.15, -0.1) is 10.2 Å². The molecule has 200 valence electrons. The number of methoxy groups -OCH3 is 1. The molecule has 0 saturated carbocycles. The second kappa shape index (κ2) is 10.5. The number of para-hydroxylation sites is 1. The van der Waals surface area contributed by atoms with Gasteiger partial charge >= 0.3 is 0 Å². The van der Waals surface area contributed by atoms with Gasteiger partial charge in [0.1, 0.15) is 5.75 Å². The van der Waals surface area contributed by atoms with E-state index in [1.165, 1.54) is 47.2 Å². The maximum absolute atomic E-state index is 13.8. The van der Waals surface area contributed by atoms with Gasteiger partial charge in [0, 0.05) is 11.1 Å². The smallest absolute Gasteiger partial charge is 0.296 e. The van der Waals surface area contributed by atoms with E-state index in [9.17, 15) is 19.8 Å². The number of Topliss-reactive ketones (excluding diaryl/α,β-unsaturated/α-hetero) is 1. The van der Waals surface area contributed by atoms with Crippen molar-refractivity contribution in [3.63, 3.8) is 0 Å². The number of furan rings is 1. The average molecular weight is 572 g/mol. The molecule has 11 heteroatoms. The van der Waals surface area contributed by atoms with Gasteiger partial charge in [-0.05, 0) is 35.4 Å². The number of aromatic hydroxyl groups is 1. The molecule has 40 heavy (non-hydrogen) atoms. The van der Waals surface area contributed by atoms with Crippen LogP contribution < -0.4 is 9.64 Å². The molecule has 0 fully saturated rings. The summed E-state index contributed by atoms with van der Waals surface area (Å²) in [7, 11) is 1.50. The number of aliphatic hydroxyl groups excluding tert-OH is 1. The summed E-state index contributed by atoms with van der Waals surface area (Å²) in [4.78, 5) is 28.6. The van der Waals surface area contributed by atoms with Crippen molar-refractivity contribution in [2.24, 2.45) is 0 Å². The number of carbonyl (C=O) groups excluding carboxylic acids is 2. The molecule has 6 rings (SSSR count). The van der Waals surface area contributed by atoms with E-state index in [0.717, 1.165) is 5.56 Å². The van der Waals surface area contributed by atoms with Crippen LogP contribution in [-0.4, -0.2) is 39.2 Å². The van der Waals surface area contributed by atoms with Crippen molar-refractivity contribution in [3.8, 4) is 11.5 Å². The number of phenols is 1. The summed E-state index contributed by atoms with van der Waals surface area (Å²) in [5, 5.41) is 30.2. The minimum Gasteiger partial charge on any atom is -0.508 e. The highest BCUT2D eigenvalue weighted by Gasteiger charge is 2.46. The number of ether oxygens (including phenoxy) is 1. The molecule has 2 aromatic heterocycles. The van der Waals surface area contributed by atoms with Gasteiger partial charge in [-0.3, -0.25) is 14.5 Å². The van der Waals surface area contributed by atoms with Gasteiger partial charge in [0.25, 0.3) is 5.91 Å². The lowest BCUT2D eigenvalue weighted by molar-refractivity contribution is -0.117. The maximum atomic E-state index is 13.8. The second-order valence-electron chi connectivity index (χ2n) is 8.87. The third-order valence-electron chi connectivity index (χ3n) is 6.42. The topological polar surface area (TPSA) is 126 Å². The number of benzene rings is 3. The van der Waals surface area contributed by atoms with E-state index in [0.29, 0.717) is 32.4 Å². The van der Waals surface area contributed by atoms with Crippen LogP contribution in [0.5, 0.6) is 11.5 Å². The fourth-order valence-corrected chi connectivity index (χ4v) is 6.35. The average Bonchev–Trinajstić information content (AvgIpc) is 3.69. The Morgan fingerprint density at radius 3 is 2.58 bits per heavy atom. The number of ketones is 1. The summed E-state index contributed by atoms with van der Waals surface area (Å²) in [6, 6.07) is 21.7. The minimum absolute atomic E-state index is 0.0144. The highest BCUT2D eigenvalue weighted by atomic mass is 32.2. The number of hydrogen-bond donors (Lipinski definition) is 2. The molecule has 5 aromatic rings. The lowest BCUT2D eigenvalue weighted by atomic mass is 9.95. The molecular formula is C29H21N3O6S2. The number of rotatable bonds is 8. The summed E-state index contributed by atoms with van der Waals surface area (Å²) in [5.41, 5.74) is 1.81. The van der Waals surface area contributed by atoms with Crippen LogP contribution in [0.2, 0.25) is 0 Å². The van der Waals surface area contributed by atoms with E-state index in [1.54, 1.807) is 36.4 Å². The molecule has 0 radical (unpaired) electrons. The van der Waals surface area contributed by atoms with E-state index in [2.05, 4.69) is 10.2 Å². The summed E-state index contributed by atoms with van der Waals surface area (Å²) in [6.45, 7) is 0. The number of aromatic nitrogens is 2. The van der Waals surface area contributed by atoms with Crippen LogP contribution in [0.4, 0.5) is 5.13 Å². The van der Waals surface area contributed by atoms with E-state index in [-0.39, 0.29) is 22.2 Å². The molecule has 3 heterocycles. The van der Waals surface area contributed by atoms with Crippen molar-refractivity contribution in [1.82, 2.24) is 10.2 Å². The number of amides is 1. The molecule has 9 nitrogen and oxygen atoms in total. The molecule has 0 bridgehead atoms. The maximum Gasteiger partial charge on any atom is 0.296 e. The zero-order valence-corrected chi connectivity index (χ0v) is 22.6.